The van der Waals surface area contributed by atoms with E-state index in [1.54, 1.807) is 8.82 Å². The number of rotatable bonds is 4. The lowest BCUT2D eigenvalue weighted by Gasteiger charge is -2.32. The Balaban J connectivity index is 1.44. The van der Waals surface area contributed by atoms with Crippen molar-refractivity contribution in [2.45, 2.75) is 43.9 Å². The predicted octanol–water partition coefficient (Wildman–Crippen LogP) is 1.41. The van der Waals surface area contributed by atoms with Crippen molar-refractivity contribution in [3.8, 4) is 0 Å². The zero-order valence-corrected chi connectivity index (χ0v) is 14.0. The molecule has 0 spiro atoms. The quantitative estimate of drug-likeness (QED) is 0.914. The molecule has 8 heteroatoms. The van der Waals surface area contributed by atoms with E-state index in [1.807, 2.05) is 25.3 Å². The topological polar surface area (TPSA) is 79.6 Å². The summed E-state index contributed by atoms with van der Waals surface area (Å²) in [4.78, 5) is 4.45. The number of nitrogens with one attached hydrogen (secondary N) is 1. The molecular weight excluding hydrogens is 314 g/mol. The monoisotopic (exact) mass is 335 g/mol. The van der Waals surface area contributed by atoms with Crippen LogP contribution in [0.3, 0.4) is 0 Å². The van der Waals surface area contributed by atoms with Crippen LogP contribution in [0.2, 0.25) is 0 Å². The first kappa shape index (κ1) is 14.9. The highest BCUT2D eigenvalue weighted by molar-refractivity contribution is 7.90. The highest BCUT2D eigenvalue weighted by Gasteiger charge is 2.41. The average Bonchev–Trinajstić information content (AvgIpc) is 3.31. The number of fused-ring (bicyclic) bond motifs is 1. The second-order valence-corrected chi connectivity index (χ2v) is 8.62. The Labute approximate surface area is 135 Å². The summed E-state index contributed by atoms with van der Waals surface area (Å²) in [6.45, 7) is 3.08. The molecule has 0 unspecified atom stereocenters. The van der Waals surface area contributed by atoms with Crippen LogP contribution in [0.15, 0.2) is 18.3 Å². The number of sulfonamides is 1. The van der Waals surface area contributed by atoms with Crippen molar-refractivity contribution in [1.29, 1.82) is 0 Å². The van der Waals surface area contributed by atoms with E-state index in [4.69, 9.17) is 0 Å². The number of anilines is 1. The number of nitrogens with zero attached hydrogens (tertiary/aromatic N) is 4. The summed E-state index contributed by atoms with van der Waals surface area (Å²) in [5.41, 5.74) is 1.77. The molecule has 1 saturated carbocycles. The molecule has 1 aliphatic carbocycles. The largest absolute Gasteiger partial charge is 0.379 e. The number of pyridine rings is 1. The Hall–Kier alpha value is -1.67. The Kier molecular flexibility index (Phi) is 3.53. The molecule has 124 valence electrons. The third-order valence-electron chi connectivity index (χ3n) is 4.59. The third kappa shape index (κ3) is 2.81. The summed E-state index contributed by atoms with van der Waals surface area (Å²) in [7, 11) is -3.04. The molecule has 2 aromatic rings. The van der Waals surface area contributed by atoms with Gasteiger partial charge >= 0.3 is 0 Å². The lowest BCUT2D eigenvalue weighted by atomic mass is 10.1. The second-order valence-electron chi connectivity index (χ2n) is 6.41. The van der Waals surface area contributed by atoms with Crippen LogP contribution >= 0.6 is 0 Å². The fraction of sp³-hybridized carbons (Fsp3) is 0.600. The molecule has 2 fully saturated rings. The molecule has 0 aromatic carbocycles. The van der Waals surface area contributed by atoms with Crippen LogP contribution < -0.4 is 5.32 Å². The summed E-state index contributed by atoms with van der Waals surface area (Å²) >= 11 is 0. The maximum absolute atomic E-state index is 12.3. The first-order valence-corrected chi connectivity index (χ1v) is 9.62. The molecule has 3 heterocycles. The molecule has 0 amide bonds. The summed E-state index contributed by atoms with van der Waals surface area (Å²) in [5.74, 6) is 0.740. The highest BCUT2D eigenvalue weighted by atomic mass is 32.2. The first-order chi connectivity index (χ1) is 11.0. The maximum Gasteiger partial charge on any atom is 0.216 e. The molecule has 0 atom stereocenters. The van der Waals surface area contributed by atoms with Gasteiger partial charge in [-0.15, -0.1) is 0 Å². The minimum atomic E-state index is -3.04. The van der Waals surface area contributed by atoms with Crippen molar-refractivity contribution in [2.75, 3.05) is 18.4 Å². The van der Waals surface area contributed by atoms with E-state index < -0.39 is 10.0 Å². The van der Waals surface area contributed by atoms with Crippen molar-refractivity contribution in [3.05, 3.63) is 24.2 Å². The summed E-state index contributed by atoms with van der Waals surface area (Å²) in [6.07, 6.45) is 5.18. The van der Waals surface area contributed by atoms with Gasteiger partial charge in [0.1, 0.15) is 5.82 Å². The van der Waals surface area contributed by atoms with E-state index in [9.17, 15) is 8.42 Å². The molecule has 2 aromatic heterocycles. The normalized spacial score (nSPS) is 20.9. The Morgan fingerprint density at radius 1 is 1.22 bits per heavy atom. The van der Waals surface area contributed by atoms with Crippen LogP contribution in [0, 0.1) is 6.92 Å². The molecule has 1 saturated heterocycles. The number of aryl methyl sites for hydroxylation is 1. The number of hydrogen-bond acceptors (Lipinski definition) is 5. The summed E-state index contributed by atoms with van der Waals surface area (Å²) < 4.78 is 28.0. The number of piperidine rings is 1. The molecule has 1 N–H and O–H groups in total. The van der Waals surface area contributed by atoms with Crippen molar-refractivity contribution >= 4 is 21.4 Å². The third-order valence-corrected chi connectivity index (χ3v) is 6.99. The second kappa shape index (κ2) is 5.45. The SMILES string of the molecule is Cc1nc2c(NC3CCN(S(=O)(=O)C4CC4)CC3)cccn2n1. The van der Waals surface area contributed by atoms with Gasteiger partial charge in [-0.05, 0) is 44.7 Å². The average molecular weight is 335 g/mol. The summed E-state index contributed by atoms with van der Waals surface area (Å²) in [5, 5.41) is 7.71. The zero-order valence-electron chi connectivity index (χ0n) is 13.1. The van der Waals surface area contributed by atoms with Gasteiger partial charge in [0.25, 0.3) is 0 Å². The van der Waals surface area contributed by atoms with Gasteiger partial charge in [0.2, 0.25) is 10.0 Å². The van der Waals surface area contributed by atoms with E-state index in [0.717, 1.165) is 42.8 Å². The van der Waals surface area contributed by atoms with Crippen LogP contribution in [0.5, 0.6) is 0 Å². The summed E-state index contributed by atoms with van der Waals surface area (Å²) in [6, 6.07) is 4.20. The minimum Gasteiger partial charge on any atom is -0.379 e. The Bertz CT molecular complexity index is 820. The first-order valence-electron chi connectivity index (χ1n) is 8.11. The van der Waals surface area contributed by atoms with Crippen molar-refractivity contribution < 1.29 is 8.42 Å². The Morgan fingerprint density at radius 3 is 2.65 bits per heavy atom. The fourth-order valence-electron chi connectivity index (χ4n) is 3.18. The van der Waals surface area contributed by atoms with Gasteiger partial charge in [0, 0.05) is 25.3 Å². The number of aromatic nitrogens is 3. The van der Waals surface area contributed by atoms with E-state index >= 15 is 0 Å². The van der Waals surface area contributed by atoms with E-state index in [-0.39, 0.29) is 11.3 Å². The van der Waals surface area contributed by atoms with Crippen molar-refractivity contribution in [2.24, 2.45) is 0 Å². The molecule has 7 nitrogen and oxygen atoms in total. The minimum absolute atomic E-state index is 0.111. The van der Waals surface area contributed by atoms with E-state index in [1.165, 1.54) is 0 Å². The molecule has 0 radical (unpaired) electrons. The molecule has 1 aliphatic heterocycles. The van der Waals surface area contributed by atoms with Gasteiger partial charge in [0.05, 0.1) is 10.9 Å². The van der Waals surface area contributed by atoms with Crippen LogP contribution in [0.25, 0.3) is 5.65 Å². The lowest BCUT2D eigenvalue weighted by molar-refractivity contribution is 0.329. The zero-order chi connectivity index (χ0) is 16.0. The van der Waals surface area contributed by atoms with E-state index in [0.29, 0.717) is 13.1 Å². The van der Waals surface area contributed by atoms with Gasteiger partial charge in [-0.2, -0.15) is 5.10 Å². The van der Waals surface area contributed by atoms with Crippen molar-refractivity contribution in [1.82, 2.24) is 18.9 Å². The van der Waals surface area contributed by atoms with Gasteiger partial charge in [-0.3, -0.25) is 0 Å². The van der Waals surface area contributed by atoms with E-state index in [2.05, 4.69) is 15.4 Å². The van der Waals surface area contributed by atoms with Gasteiger partial charge in [-0.1, -0.05) is 0 Å². The molecule has 23 heavy (non-hydrogen) atoms. The maximum atomic E-state index is 12.3. The smallest absolute Gasteiger partial charge is 0.216 e. The molecule has 0 bridgehead atoms. The Morgan fingerprint density at radius 2 is 1.96 bits per heavy atom. The standard InChI is InChI=1S/C15H21N5O2S/c1-11-16-15-14(3-2-8-20(15)18-11)17-12-6-9-19(10-7-12)23(21,22)13-4-5-13/h2-3,8,12-13,17H,4-7,9-10H2,1H3. The van der Waals surface area contributed by atoms with Crippen LogP contribution in [-0.2, 0) is 10.0 Å². The van der Waals surface area contributed by atoms with Crippen molar-refractivity contribution in [3.63, 3.8) is 0 Å². The van der Waals surface area contributed by atoms with Crippen LogP contribution in [0.4, 0.5) is 5.69 Å². The predicted molar refractivity (Wildman–Crippen MR) is 87.9 cm³/mol. The van der Waals surface area contributed by atoms with Gasteiger partial charge in [0.15, 0.2) is 5.65 Å². The molecule has 2 aliphatic rings. The molecule has 4 rings (SSSR count). The van der Waals surface area contributed by atoms with Gasteiger partial charge in [-0.25, -0.2) is 22.2 Å². The number of hydrogen-bond donors (Lipinski definition) is 1. The van der Waals surface area contributed by atoms with Crippen LogP contribution in [-0.4, -0.2) is 51.7 Å². The highest BCUT2D eigenvalue weighted by Crippen LogP contribution is 2.32. The molecular formula is C15H21N5O2S. The van der Waals surface area contributed by atoms with Crippen LogP contribution in [0.1, 0.15) is 31.5 Å². The van der Waals surface area contributed by atoms with Gasteiger partial charge < -0.3 is 5.32 Å². The fourth-order valence-corrected chi connectivity index (χ4v) is 5.05. The lowest BCUT2D eigenvalue weighted by Crippen LogP contribution is -2.43.